The van der Waals surface area contributed by atoms with Gasteiger partial charge < -0.3 is 9.47 Å². The second kappa shape index (κ2) is 8.53. The van der Waals surface area contributed by atoms with E-state index in [2.05, 4.69) is 6.58 Å². The first-order valence-electron chi connectivity index (χ1n) is 10.9. The molecule has 1 aliphatic heterocycles. The quantitative estimate of drug-likeness (QED) is 0.233. The third kappa shape index (κ3) is 3.83. The summed E-state index contributed by atoms with van der Waals surface area (Å²) in [6.45, 7) is 5.36. The Labute approximate surface area is 200 Å². The molecule has 5 rings (SSSR count). The van der Waals surface area contributed by atoms with E-state index in [0.717, 1.165) is 33.4 Å². The highest BCUT2D eigenvalue weighted by Gasteiger charge is 2.30. The number of esters is 2. The zero-order valence-electron chi connectivity index (χ0n) is 18.7. The maximum Gasteiger partial charge on any atom is 0.343 e. The molecule has 0 aromatic heterocycles. The minimum absolute atomic E-state index is 0.0328. The van der Waals surface area contributed by atoms with Crippen LogP contribution in [0.3, 0.4) is 0 Å². The number of fused-ring (bicyclic) bond motifs is 3. The Bertz CT molecular complexity index is 1430. The van der Waals surface area contributed by atoms with Gasteiger partial charge in [-0.2, -0.15) is 0 Å². The molecule has 1 heterocycles. The number of carbonyl (C=O) groups excluding carboxylic acids is 4. The molecule has 0 saturated carbocycles. The van der Waals surface area contributed by atoms with Gasteiger partial charge in [0.1, 0.15) is 5.75 Å². The van der Waals surface area contributed by atoms with Crippen LogP contribution in [-0.4, -0.2) is 23.8 Å². The molecular weight excluding hydrogens is 446 g/mol. The minimum Gasteiger partial charge on any atom is -0.432 e. The molecule has 0 spiro atoms. The highest BCUT2D eigenvalue weighted by Crippen LogP contribution is 2.47. The van der Waals surface area contributed by atoms with Crippen molar-refractivity contribution in [3.05, 3.63) is 108 Å². The van der Waals surface area contributed by atoms with E-state index in [1.54, 1.807) is 12.1 Å². The first-order valence-corrected chi connectivity index (χ1v) is 10.9. The number of carbonyl (C=O) groups is 4. The van der Waals surface area contributed by atoms with E-state index in [4.69, 9.17) is 9.47 Å². The summed E-state index contributed by atoms with van der Waals surface area (Å²) < 4.78 is 10.3. The monoisotopic (exact) mass is 465 g/mol. The molecule has 172 valence electrons. The van der Waals surface area contributed by atoms with E-state index < -0.39 is 11.9 Å². The number of rotatable bonds is 5. The molecule has 7 heteroatoms. The molecule has 2 aliphatic rings. The van der Waals surface area contributed by atoms with Gasteiger partial charge in [0.05, 0.1) is 23.1 Å². The van der Waals surface area contributed by atoms with Crippen LogP contribution in [0.2, 0.25) is 0 Å². The van der Waals surface area contributed by atoms with Gasteiger partial charge in [-0.1, -0.05) is 25.6 Å². The zero-order chi connectivity index (χ0) is 24.7. The number of benzene rings is 3. The number of hydrogen-bond donors (Lipinski definition) is 0. The molecule has 1 unspecified atom stereocenters. The fourth-order valence-corrected chi connectivity index (χ4v) is 4.37. The Morgan fingerprint density at radius 3 is 2.03 bits per heavy atom. The standard InChI is InChI=1S/C28H19NO6/c1-3-34-27(32)17-4-6-18(7-5-17)28(33)35-20-9-11-22-21-10-8-19(29-25(30)12-13-26(29)31)14-23(21)16(2)24(22)15-20/h3-16H,1H2,2H3. The van der Waals surface area contributed by atoms with Gasteiger partial charge in [-0.3, -0.25) is 9.59 Å². The smallest absolute Gasteiger partial charge is 0.343 e. The van der Waals surface area contributed by atoms with Crippen LogP contribution < -0.4 is 9.64 Å². The number of nitrogens with zero attached hydrogens (tertiary/aromatic N) is 1. The molecule has 0 saturated heterocycles. The highest BCUT2D eigenvalue weighted by atomic mass is 16.5. The van der Waals surface area contributed by atoms with Crippen LogP contribution in [0.5, 0.6) is 5.75 Å². The Balaban J connectivity index is 1.36. The molecule has 0 N–H and O–H groups in total. The third-order valence-electron chi connectivity index (χ3n) is 6.11. The van der Waals surface area contributed by atoms with Gasteiger partial charge >= 0.3 is 11.9 Å². The second-order valence-corrected chi connectivity index (χ2v) is 8.13. The van der Waals surface area contributed by atoms with Crippen molar-refractivity contribution in [2.45, 2.75) is 12.8 Å². The second-order valence-electron chi connectivity index (χ2n) is 8.13. The van der Waals surface area contributed by atoms with Crippen LogP contribution in [0.4, 0.5) is 5.69 Å². The fourth-order valence-electron chi connectivity index (χ4n) is 4.37. The van der Waals surface area contributed by atoms with Crippen LogP contribution in [0.25, 0.3) is 11.1 Å². The van der Waals surface area contributed by atoms with Crippen molar-refractivity contribution in [3.63, 3.8) is 0 Å². The van der Waals surface area contributed by atoms with Crippen molar-refractivity contribution in [2.75, 3.05) is 4.90 Å². The molecule has 7 nitrogen and oxygen atoms in total. The number of imide groups is 1. The van der Waals surface area contributed by atoms with Gasteiger partial charge in [-0.25, -0.2) is 14.5 Å². The van der Waals surface area contributed by atoms with E-state index in [9.17, 15) is 19.2 Å². The van der Waals surface area contributed by atoms with Crippen LogP contribution in [0, 0.1) is 0 Å². The van der Waals surface area contributed by atoms with Crippen molar-refractivity contribution in [3.8, 4) is 16.9 Å². The summed E-state index contributed by atoms with van der Waals surface area (Å²) >= 11 is 0. The molecule has 3 aromatic rings. The molecule has 2 amide bonds. The van der Waals surface area contributed by atoms with E-state index in [1.165, 1.54) is 36.4 Å². The predicted molar refractivity (Wildman–Crippen MR) is 128 cm³/mol. The predicted octanol–water partition coefficient (Wildman–Crippen LogP) is 4.77. The van der Waals surface area contributed by atoms with Crippen molar-refractivity contribution in [1.29, 1.82) is 0 Å². The van der Waals surface area contributed by atoms with Crippen molar-refractivity contribution < 1.29 is 28.7 Å². The summed E-state index contributed by atoms with van der Waals surface area (Å²) in [5, 5.41) is 0. The van der Waals surface area contributed by atoms with Crippen molar-refractivity contribution >= 4 is 29.4 Å². The van der Waals surface area contributed by atoms with Gasteiger partial charge in [-0.05, 0) is 70.8 Å². The number of hydrogen-bond acceptors (Lipinski definition) is 6. The normalized spacial score (nSPS) is 15.6. The summed E-state index contributed by atoms with van der Waals surface area (Å²) in [4.78, 5) is 49.7. The molecule has 3 aromatic carbocycles. The number of ether oxygens (including phenoxy) is 2. The van der Waals surface area contributed by atoms with E-state index in [0.29, 0.717) is 11.4 Å². The Hall–Kier alpha value is -4.78. The molecule has 1 aliphatic carbocycles. The first-order chi connectivity index (χ1) is 16.9. The number of anilines is 1. The summed E-state index contributed by atoms with van der Waals surface area (Å²) in [6, 6.07) is 16.9. The van der Waals surface area contributed by atoms with E-state index in [-0.39, 0.29) is 28.9 Å². The summed E-state index contributed by atoms with van der Waals surface area (Å²) in [5.41, 5.74) is 5.06. The van der Waals surface area contributed by atoms with Gasteiger partial charge in [0.25, 0.3) is 11.8 Å². The summed E-state index contributed by atoms with van der Waals surface area (Å²) in [7, 11) is 0. The lowest BCUT2D eigenvalue weighted by Gasteiger charge is -2.16. The van der Waals surface area contributed by atoms with Crippen LogP contribution in [0.15, 0.2) is 85.7 Å². The number of amides is 2. The Morgan fingerprint density at radius 2 is 1.40 bits per heavy atom. The van der Waals surface area contributed by atoms with Crippen LogP contribution in [-0.2, 0) is 14.3 Å². The van der Waals surface area contributed by atoms with E-state index >= 15 is 0 Å². The van der Waals surface area contributed by atoms with Gasteiger partial charge in [0.2, 0.25) is 0 Å². The van der Waals surface area contributed by atoms with Gasteiger partial charge in [0, 0.05) is 18.1 Å². The molecular formula is C28H19NO6. The Kier molecular flexibility index (Phi) is 5.37. The molecule has 1 atom stereocenters. The molecule has 0 radical (unpaired) electrons. The zero-order valence-corrected chi connectivity index (χ0v) is 18.7. The van der Waals surface area contributed by atoms with Crippen molar-refractivity contribution in [2.24, 2.45) is 0 Å². The summed E-state index contributed by atoms with van der Waals surface area (Å²) in [5.74, 6) is -1.49. The lowest BCUT2D eigenvalue weighted by molar-refractivity contribution is -0.120. The highest BCUT2D eigenvalue weighted by molar-refractivity contribution is 6.28. The lowest BCUT2D eigenvalue weighted by Crippen LogP contribution is -2.29. The van der Waals surface area contributed by atoms with Crippen LogP contribution in [0.1, 0.15) is 44.7 Å². The third-order valence-corrected chi connectivity index (χ3v) is 6.11. The SMILES string of the molecule is C=COC(=O)c1ccc(C(=O)Oc2ccc3c(c2)C(C)c2cc(N4C(=O)C=CC4=O)ccc2-3)cc1. The molecule has 0 bridgehead atoms. The maximum absolute atomic E-state index is 12.6. The largest absolute Gasteiger partial charge is 0.432 e. The van der Waals surface area contributed by atoms with Gasteiger partial charge in [-0.15, -0.1) is 0 Å². The van der Waals surface area contributed by atoms with Gasteiger partial charge in [0.15, 0.2) is 0 Å². The summed E-state index contributed by atoms with van der Waals surface area (Å²) in [6.07, 6.45) is 3.56. The van der Waals surface area contributed by atoms with E-state index in [1.807, 2.05) is 31.2 Å². The lowest BCUT2D eigenvalue weighted by atomic mass is 9.98. The maximum atomic E-state index is 12.6. The Morgan fingerprint density at radius 1 is 0.829 bits per heavy atom. The molecule has 0 fully saturated rings. The van der Waals surface area contributed by atoms with Crippen molar-refractivity contribution in [1.82, 2.24) is 0 Å². The minimum atomic E-state index is -0.565. The average Bonchev–Trinajstić information content (AvgIpc) is 3.34. The first kappa shape index (κ1) is 22.0. The average molecular weight is 465 g/mol. The van der Waals surface area contributed by atoms with Crippen LogP contribution >= 0.6 is 0 Å². The topological polar surface area (TPSA) is 90.0 Å². The fraction of sp³-hybridized carbons (Fsp3) is 0.0714. The molecule has 35 heavy (non-hydrogen) atoms.